The first-order chi connectivity index (χ1) is 10.5. The highest BCUT2D eigenvalue weighted by Crippen LogP contribution is 2.44. The van der Waals surface area contributed by atoms with Gasteiger partial charge in [-0.3, -0.25) is 9.59 Å². The largest absolute Gasteiger partial charge is 0.493 e. The Morgan fingerprint density at radius 3 is 2.64 bits per heavy atom. The molecule has 2 aromatic rings. The molecule has 0 aliphatic rings. The second kappa shape index (κ2) is 6.98. The molecule has 1 N–H and O–H groups in total. The lowest BCUT2D eigenvalue weighted by Gasteiger charge is -2.11. The number of carboxylic acid groups (broad SMARTS) is 1. The average molecular weight is 343 g/mol. The van der Waals surface area contributed by atoms with E-state index in [4.69, 9.17) is 26.2 Å². The summed E-state index contributed by atoms with van der Waals surface area (Å²) in [5, 5.41) is 9.75. The molecule has 0 unspecified atom stereocenters. The van der Waals surface area contributed by atoms with Crippen LogP contribution in [-0.4, -0.2) is 30.6 Å². The van der Waals surface area contributed by atoms with Gasteiger partial charge in [0.25, 0.3) is 0 Å². The van der Waals surface area contributed by atoms with Gasteiger partial charge >= 0.3 is 5.97 Å². The van der Waals surface area contributed by atoms with Crippen molar-refractivity contribution in [3.8, 4) is 11.5 Å². The van der Waals surface area contributed by atoms with Gasteiger partial charge in [-0.05, 0) is 13.0 Å². The summed E-state index contributed by atoms with van der Waals surface area (Å²) in [6, 6.07) is 3.44. The van der Waals surface area contributed by atoms with Crippen LogP contribution < -0.4 is 9.47 Å². The third-order valence-corrected chi connectivity index (χ3v) is 4.53. The van der Waals surface area contributed by atoms with Crippen LogP contribution in [0.25, 0.3) is 10.1 Å². The smallest absolute Gasteiger partial charge is 0.303 e. The number of benzene rings is 1. The van der Waals surface area contributed by atoms with Crippen molar-refractivity contribution in [1.82, 2.24) is 0 Å². The second-order valence-electron chi connectivity index (χ2n) is 4.49. The van der Waals surface area contributed by atoms with E-state index in [1.165, 1.54) is 18.4 Å². The highest BCUT2D eigenvalue weighted by Gasteiger charge is 2.19. The number of hydrogen-bond donors (Lipinski definition) is 1. The minimum Gasteiger partial charge on any atom is -0.493 e. The SMILES string of the molecule is CCOc1c(OC)cc2sc(C(=O)CCC(=O)O)cc2c1Cl. The lowest BCUT2D eigenvalue weighted by atomic mass is 10.1. The van der Waals surface area contributed by atoms with Crippen molar-refractivity contribution in [2.45, 2.75) is 19.8 Å². The molecule has 0 saturated carbocycles. The van der Waals surface area contributed by atoms with Crippen LogP contribution in [0.4, 0.5) is 0 Å². The first-order valence-corrected chi connectivity index (χ1v) is 7.85. The normalized spacial score (nSPS) is 10.7. The van der Waals surface area contributed by atoms with E-state index in [1.807, 2.05) is 6.92 Å². The van der Waals surface area contributed by atoms with Gasteiger partial charge in [0.1, 0.15) is 0 Å². The van der Waals surface area contributed by atoms with E-state index in [0.29, 0.717) is 33.4 Å². The summed E-state index contributed by atoms with van der Waals surface area (Å²) in [5.74, 6) is -0.253. The number of carboxylic acids is 1. The number of ketones is 1. The molecule has 0 saturated heterocycles. The maximum atomic E-state index is 12.0. The highest BCUT2D eigenvalue weighted by atomic mass is 35.5. The molecule has 2 rings (SSSR count). The predicted octanol–water partition coefficient (Wildman–Crippen LogP) is 4.01. The quantitative estimate of drug-likeness (QED) is 0.769. The van der Waals surface area contributed by atoms with Crippen molar-refractivity contribution >= 4 is 44.8 Å². The molecule has 1 aromatic heterocycles. The van der Waals surface area contributed by atoms with Crippen molar-refractivity contribution < 1.29 is 24.2 Å². The molecule has 118 valence electrons. The van der Waals surface area contributed by atoms with E-state index in [-0.39, 0.29) is 18.6 Å². The van der Waals surface area contributed by atoms with E-state index in [0.717, 1.165) is 4.70 Å². The lowest BCUT2D eigenvalue weighted by Crippen LogP contribution is -2.01. The van der Waals surface area contributed by atoms with E-state index < -0.39 is 5.97 Å². The zero-order chi connectivity index (χ0) is 16.3. The lowest BCUT2D eigenvalue weighted by molar-refractivity contribution is -0.136. The summed E-state index contributed by atoms with van der Waals surface area (Å²) >= 11 is 7.61. The molecule has 0 atom stereocenters. The van der Waals surface area contributed by atoms with Gasteiger partial charge in [0, 0.05) is 22.6 Å². The number of halogens is 1. The van der Waals surface area contributed by atoms with Crippen molar-refractivity contribution in [3.63, 3.8) is 0 Å². The zero-order valence-corrected chi connectivity index (χ0v) is 13.7. The van der Waals surface area contributed by atoms with Gasteiger partial charge < -0.3 is 14.6 Å². The molecule has 1 heterocycles. The Hall–Kier alpha value is -1.79. The van der Waals surface area contributed by atoms with E-state index in [2.05, 4.69) is 0 Å². The van der Waals surface area contributed by atoms with Crippen LogP contribution in [0.3, 0.4) is 0 Å². The van der Waals surface area contributed by atoms with Gasteiger partial charge in [0.2, 0.25) is 0 Å². The number of carbonyl (C=O) groups excluding carboxylic acids is 1. The predicted molar refractivity (Wildman–Crippen MR) is 85.8 cm³/mol. The summed E-state index contributed by atoms with van der Waals surface area (Å²) in [5.41, 5.74) is 0. The van der Waals surface area contributed by atoms with Crippen LogP contribution >= 0.6 is 22.9 Å². The van der Waals surface area contributed by atoms with Crippen molar-refractivity contribution in [2.75, 3.05) is 13.7 Å². The Morgan fingerprint density at radius 2 is 2.05 bits per heavy atom. The second-order valence-corrected chi connectivity index (χ2v) is 5.96. The Balaban J connectivity index is 2.43. The maximum Gasteiger partial charge on any atom is 0.303 e. The number of thiophene rings is 1. The summed E-state index contributed by atoms with van der Waals surface area (Å²) in [6.45, 7) is 2.28. The van der Waals surface area contributed by atoms with E-state index in [9.17, 15) is 9.59 Å². The standard InChI is InChI=1S/C15H15ClO5S/c1-3-21-15-10(20-2)7-11-8(14(15)16)6-12(22-11)9(17)4-5-13(18)19/h6-7H,3-5H2,1-2H3,(H,18,19). The van der Waals surface area contributed by atoms with Crippen LogP contribution in [0.2, 0.25) is 5.02 Å². The molecule has 22 heavy (non-hydrogen) atoms. The number of methoxy groups -OCH3 is 1. The summed E-state index contributed by atoms with van der Waals surface area (Å²) in [7, 11) is 1.52. The number of ether oxygens (including phenoxy) is 2. The molecule has 0 bridgehead atoms. The molecule has 5 nitrogen and oxygen atoms in total. The third kappa shape index (κ3) is 3.34. The molecular weight excluding hydrogens is 328 g/mol. The molecule has 0 aliphatic carbocycles. The van der Waals surface area contributed by atoms with Crippen LogP contribution in [0.15, 0.2) is 12.1 Å². The number of hydrogen-bond acceptors (Lipinski definition) is 5. The first-order valence-electron chi connectivity index (χ1n) is 6.65. The van der Waals surface area contributed by atoms with Crippen LogP contribution in [0.5, 0.6) is 11.5 Å². The fraction of sp³-hybridized carbons (Fsp3) is 0.333. The van der Waals surface area contributed by atoms with Crippen molar-refractivity contribution in [3.05, 3.63) is 22.0 Å². The zero-order valence-electron chi connectivity index (χ0n) is 12.1. The monoisotopic (exact) mass is 342 g/mol. The maximum absolute atomic E-state index is 12.0. The van der Waals surface area contributed by atoms with Gasteiger partial charge in [-0.2, -0.15) is 0 Å². The molecule has 0 spiro atoms. The Morgan fingerprint density at radius 1 is 1.32 bits per heavy atom. The molecule has 0 fully saturated rings. The summed E-state index contributed by atoms with van der Waals surface area (Å²) in [6.07, 6.45) is -0.219. The number of Topliss-reactive ketones (excluding diaryl/α,β-unsaturated/α-hetero) is 1. The first kappa shape index (κ1) is 16.6. The van der Waals surface area contributed by atoms with Crippen LogP contribution in [-0.2, 0) is 4.79 Å². The van der Waals surface area contributed by atoms with Crippen LogP contribution in [0.1, 0.15) is 29.4 Å². The number of fused-ring (bicyclic) bond motifs is 1. The van der Waals surface area contributed by atoms with Crippen molar-refractivity contribution in [1.29, 1.82) is 0 Å². The van der Waals surface area contributed by atoms with E-state index >= 15 is 0 Å². The van der Waals surface area contributed by atoms with Gasteiger partial charge in [0.05, 0.1) is 30.0 Å². The van der Waals surface area contributed by atoms with Crippen molar-refractivity contribution in [2.24, 2.45) is 0 Å². The number of aliphatic carboxylic acids is 1. The van der Waals surface area contributed by atoms with Gasteiger partial charge in [-0.25, -0.2) is 0 Å². The van der Waals surface area contributed by atoms with E-state index in [1.54, 1.807) is 12.1 Å². The average Bonchev–Trinajstić information content (AvgIpc) is 2.91. The summed E-state index contributed by atoms with van der Waals surface area (Å²) in [4.78, 5) is 23.1. The Kier molecular flexibility index (Phi) is 5.26. The molecule has 1 aromatic carbocycles. The molecular formula is C15H15ClO5S. The third-order valence-electron chi connectivity index (χ3n) is 3.03. The summed E-state index contributed by atoms with van der Waals surface area (Å²) < 4.78 is 11.6. The van der Waals surface area contributed by atoms with Crippen LogP contribution in [0, 0.1) is 0 Å². The number of carbonyl (C=O) groups is 2. The molecule has 0 amide bonds. The molecule has 0 aliphatic heterocycles. The minimum absolute atomic E-state index is 0.0325. The Labute approximate surface area is 136 Å². The topological polar surface area (TPSA) is 72.8 Å². The highest BCUT2D eigenvalue weighted by molar-refractivity contribution is 7.21. The van der Waals surface area contributed by atoms with Gasteiger partial charge in [0.15, 0.2) is 17.3 Å². The van der Waals surface area contributed by atoms with Gasteiger partial charge in [-0.15, -0.1) is 11.3 Å². The molecule has 0 radical (unpaired) electrons. The fourth-order valence-electron chi connectivity index (χ4n) is 2.01. The number of rotatable bonds is 7. The fourth-order valence-corrected chi connectivity index (χ4v) is 3.44. The molecule has 7 heteroatoms. The Bertz CT molecular complexity index is 722. The minimum atomic E-state index is -0.993. The van der Waals surface area contributed by atoms with Gasteiger partial charge in [-0.1, -0.05) is 11.6 Å².